The van der Waals surface area contributed by atoms with Crippen LogP contribution in [0.15, 0.2) is 31.0 Å². The summed E-state index contributed by atoms with van der Waals surface area (Å²) in [6, 6.07) is 3.85. The minimum atomic E-state index is -0.222. The first-order chi connectivity index (χ1) is 9.70. The van der Waals surface area contributed by atoms with Gasteiger partial charge in [-0.05, 0) is 18.2 Å². The number of aryl methyl sites for hydroxylation is 1. The van der Waals surface area contributed by atoms with Gasteiger partial charge in [-0.3, -0.25) is 9.48 Å². The van der Waals surface area contributed by atoms with Crippen molar-refractivity contribution >= 4 is 16.9 Å². The molecule has 0 N–H and O–H groups in total. The fourth-order valence-corrected chi connectivity index (χ4v) is 2.50. The van der Waals surface area contributed by atoms with Crippen LogP contribution in [0.4, 0.5) is 0 Å². The Kier molecular flexibility index (Phi) is 3.23. The summed E-state index contributed by atoms with van der Waals surface area (Å²) < 4.78 is 7.52. The van der Waals surface area contributed by atoms with E-state index in [4.69, 9.17) is 4.74 Å². The van der Waals surface area contributed by atoms with Gasteiger partial charge in [-0.25, -0.2) is 4.98 Å². The first-order valence-corrected chi connectivity index (χ1v) is 6.51. The molecule has 104 valence electrons. The molecule has 1 saturated heterocycles. The molecule has 1 aliphatic rings. The maximum Gasteiger partial charge on any atom is 0.246 e. The Balaban J connectivity index is 1.94. The lowest BCUT2D eigenvalue weighted by Crippen LogP contribution is -2.41. The zero-order chi connectivity index (χ0) is 14.1. The van der Waals surface area contributed by atoms with Crippen molar-refractivity contribution in [2.24, 2.45) is 7.05 Å². The number of hydrogen-bond acceptors (Lipinski definition) is 4. The Bertz CT molecular complexity index is 664. The molecule has 3 rings (SSSR count). The van der Waals surface area contributed by atoms with E-state index in [1.54, 1.807) is 15.8 Å². The lowest BCUT2D eigenvalue weighted by molar-refractivity contribution is -0.133. The molecule has 1 amide bonds. The van der Waals surface area contributed by atoms with Gasteiger partial charge in [0.05, 0.1) is 13.2 Å². The summed E-state index contributed by atoms with van der Waals surface area (Å²) in [4.78, 5) is 17.8. The van der Waals surface area contributed by atoms with Crippen LogP contribution >= 0.6 is 0 Å². The lowest BCUT2D eigenvalue weighted by Gasteiger charge is -2.31. The normalized spacial score (nSPS) is 19.2. The molecule has 2 aromatic heterocycles. The van der Waals surface area contributed by atoms with E-state index in [1.807, 2.05) is 19.2 Å². The van der Waals surface area contributed by atoms with Gasteiger partial charge in [0, 0.05) is 25.2 Å². The SMILES string of the molecule is C=CC(=O)N1CCOC(c2nn(C)c3ncccc23)C1. The number of pyridine rings is 1. The third-order valence-corrected chi connectivity index (χ3v) is 3.48. The fraction of sp³-hybridized carbons (Fsp3) is 0.357. The minimum absolute atomic E-state index is 0.0725. The van der Waals surface area contributed by atoms with Crippen molar-refractivity contribution in [2.75, 3.05) is 19.7 Å². The number of morpholine rings is 1. The number of aromatic nitrogens is 3. The number of hydrogen-bond donors (Lipinski definition) is 0. The van der Waals surface area contributed by atoms with E-state index in [0.717, 1.165) is 16.7 Å². The van der Waals surface area contributed by atoms with E-state index in [0.29, 0.717) is 19.7 Å². The van der Waals surface area contributed by atoms with E-state index in [1.165, 1.54) is 6.08 Å². The molecule has 1 fully saturated rings. The Labute approximate surface area is 116 Å². The average molecular weight is 272 g/mol. The Morgan fingerprint density at radius 1 is 1.60 bits per heavy atom. The van der Waals surface area contributed by atoms with E-state index < -0.39 is 0 Å². The van der Waals surface area contributed by atoms with Gasteiger partial charge in [0.1, 0.15) is 11.8 Å². The van der Waals surface area contributed by atoms with Gasteiger partial charge >= 0.3 is 0 Å². The number of rotatable bonds is 2. The number of ether oxygens (including phenoxy) is 1. The van der Waals surface area contributed by atoms with Crippen LogP contribution in [0.2, 0.25) is 0 Å². The van der Waals surface area contributed by atoms with Gasteiger partial charge in [0.2, 0.25) is 5.91 Å². The van der Waals surface area contributed by atoms with Gasteiger partial charge in [-0.2, -0.15) is 5.10 Å². The fourth-order valence-electron chi connectivity index (χ4n) is 2.50. The van der Waals surface area contributed by atoms with Crippen molar-refractivity contribution in [3.8, 4) is 0 Å². The Hall–Kier alpha value is -2.21. The molecule has 1 atom stereocenters. The number of amides is 1. The quantitative estimate of drug-likeness (QED) is 0.767. The molecule has 2 aromatic rings. The van der Waals surface area contributed by atoms with Gasteiger partial charge in [-0.1, -0.05) is 6.58 Å². The predicted octanol–water partition coefficient (Wildman–Crippen LogP) is 1.05. The second-order valence-electron chi connectivity index (χ2n) is 4.73. The first-order valence-electron chi connectivity index (χ1n) is 6.51. The summed E-state index contributed by atoms with van der Waals surface area (Å²) in [5, 5.41) is 5.46. The van der Waals surface area contributed by atoms with Crippen LogP contribution in [-0.2, 0) is 16.6 Å². The molecule has 0 bridgehead atoms. The summed E-state index contributed by atoms with van der Waals surface area (Å²) in [6.07, 6.45) is 2.85. The molecule has 20 heavy (non-hydrogen) atoms. The number of carbonyl (C=O) groups is 1. The van der Waals surface area contributed by atoms with Crippen molar-refractivity contribution in [3.63, 3.8) is 0 Å². The minimum Gasteiger partial charge on any atom is -0.368 e. The molecule has 6 heteroatoms. The van der Waals surface area contributed by atoms with Crippen LogP contribution in [0.3, 0.4) is 0 Å². The summed E-state index contributed by atoms with van der Waals surface area (Å²) in [5.74, 6) is -0.0725. The smallest absolute Gasteiger partial charge is 0.246 e. The number of nitrogens with zero attached hydrogens (tertiary/aromatic N) is 4. The summed E-state index contributed by atoms with van der Waals surface area (Å²) in [6.45, 7) is 5.11. The van der Waals surface area contributed by atoms with Crippen LogP contribution < -0.4 is 0 Å². The van der Waals surface area contributed by atoms with Gasteiger partial charge in [0.25, 0.3) is 0 Å². The van der Waals surface area contributed by atoms with Crippen LogP contribution in [0.25, 0.3) is 11.0 Å². The van der Waals surface area contributed by atoms with Crippen molar-refractivity contribution in [1.29, 1.82) is 0 Å². The zero-order valence-electron chi connectivity index (χ0n) is 11.3. The highest BCUT2D eigenvalue weighted by molar-refractivity contribution is 5.87. The standard InChI is InChI=1S/C14H16N4O2/c1-3-12(19)18-7-8-20-11(9-18)13-10-5-4-6-15-14(10)17(2)16-13/h3-6,11H,1,7-9H2,2H3. The highest BCUT2D eigenvalue weighted by atomic mass is 16.5. The third kappa shape index (κ3) is 2.08. The Morgan fingerprint density at radius 2 is 2.45 bits per heavy atom. The monoisotopic (exact) mass is 272 g/mol. The van der Waals surface area contributed by atoms with Gasteiger partial charge in [-0.15, -0.1) is 0 Å². The summed E-state index contributed by atoms with van der Waals surface area (Å²) >= 11 is 0. The summed E-state index contributed by atoms with van der Waals surface area (Å²) in [7, 11) is 1.86. The van der Waals surface area contributed by atoms with E-state index in [2.05, 4.69) is 16.7 Å². The van der Waals surface area contributed by atoms with E-state index in [9.17, 15) is 4.79 Å². The van der Waals surface area contributed by atoms with Gasteiger partial charge in [0.15, 0.2) is 5.65 Å². The molecule has 1 aliphatic heterocycles. The average Bonchev–Trinajstić information content (AvgIpc) is 2.84. The molecule has 0 radical (unpaired) electrons. The number of fused-ring (bicyclic) bond motifs is 1. The van der Waals surface area contributed by atoms with Crippen LogP contribution in [-0.4, -0.2) is 45.3 Å². The molecule has 6 nitrogen and oxygen atoms in total. The van der Waals surface area contributed by atoms with Crippen LogP contribution in [0.5, 0.6) is 0 Å². The molecule has 0 saturated carbocycles. The highest BCUT2D eigenvalue weighted by Crippen LogP contribution is 2.27. The van der Waals surface area contributed by atoms with Gasteiger partial charge < -0.3 is 9.64 Å². The lowest BCUT2D eigenvalue weighted by atomic mass is 10.1. The zero-order valence-corrected chi connectivity index (χ0v) is 11.3. The topological polar surface area (TPSA) is 60.3 Å². The Morgan fingerprint density at radius 3 is 3.25 bits per heavy atom. The molecular formula is C14H16N4O2. The molecule has 1 unspecified atom stereocenters. The molecule has 3 heterocycles. The predicted molar refractivity (Wildman–Crippen MR) is 74.0 cm³/mol. The maximum absolute atomic E-state index is 11.7. The first kappa shape index (κ1) is 12.8. The number of carbonyl (C=O) groups excluding carboxylic acids is 1. The highest BCUT2D eigenvalue weighted by Gasteiger charge is 2.28. The van der Waals surface area contributed by atoms with Crippen molar-refractivity contribution < 1.29 is 9.53 Å². The van der Waals surface area contributed by atoms with E-state index in [-0.39, 0.29) is 12.0 Å². The van der Waals surface area contributed by atoms with Crippen LogP contribution in [0, 0.1) is 0 Å². The second-order valence-corrected chi connectivity index (χ2v) is 4.73. The summed E-state index contributed by atoms with van der Waals surface area (Å²) in [5.41, 5.74) is 1.65. The largest absolute Gasteiger partial charge is 0.368 e. The molecule has 0 spiro atoms. The third-order valence-electron chi connectivity index (χ3n) is 3.48. The molecule has 0 aromatic carbocycles. The van der Waals surface area contributed by atoms with E-state index >= 15 is 0 Å². The molecule has 0 aliphatic carbocycles. The van der Waals surface area contributed by atoms with Crippen molar-refractivity contribution in [2.45, 2.75) is 6.10 Å². The van der Waals surface area contributed by atoms with Crippen molar-refractivity contribution in [1.82, 2.24) is 19.7 Å². The second kappa shape index (κ2) is 5.05. The van der Waals surface area contributed by atoms with Crippen LogP contribution in [0.1, 0.15) is 11.8 Å². The molecular weight excluding hydrogens is 256 g/mol. The van der Waals surface area contributed by atoms with Crippen molar-refractivity contribution in [3.05, 3.63) is 36.7 Å². The maximum atomic E-state index is 11.7.